The standard InChI is InChI=1S/C16H11BrF4N2O/c1-8-22-13-6-12(19)11(17)5-14(13)23(8)7-9-4-10(18)2-3-15(9)24-16(20)21/h2-6,16H,7H2,1H3. The topological polar surface area (TPSA) is 27.1 Å². The molecule has 0 bridgehead atoms. The number of benzene rings is 2. The van der Waals surface area contributed by atoms with Crippen molar-refractivity contribution in [1.82, 2.24) is 9.55 Å². The van der Waals surface area contributed by atoms with Crippen LogP contribution in [0.25, 0.3) is 11.0 Å². The van der Waals surface area contributed by atoms with Gasteiger partial charge in [-0.25, -0.2) is 13.8 Å². The van der Waals surface area contributed by atoms with E-state index in [0.717, 1.165) is 18.2 Å². The molecule has 0 aliphatic carbocycles. The van der Waals surface area contributed by atoms with E-state index in [1.54, 1.807) is 11.5 Å². The number of hydrogen-bond donors (Lipinski definition) is 0. The predicted octanol–water partition coefficient (Wildman–Crippen LogP) is 5.04. The van der Waals surface area contributed by atoms with Crippen molar-refractivity contribution in [3.05, 3.63) is 57.8 Å². The first kappa shape index (κ1) is 16.8. The Morgan fingerprint density at radius 2 is 1.96 bits per heavy atom. The number of nitrogens with zero attached hydrogens (tertiary/aromatic N) is 2. The van der Waals surface area contributed by atoms with Crippen LogP contribution in [0.5, 0.6) is 5.75 Å². The van der Waals surface area contributed by atoms with E-state index in [1.807, 2.05) is 0 Å². The van der Waals surface area contributed by atoms with Crippen molar-refractivity contribution < 1.29 is 22.3 Å². The minimum absolute atomic E-state index is 0.0558. The Bertz CT molecular complexity index is 911. The maximum Gasteiger partial charge on any atom is 0.387 e. The molecule has 1 heterocycles. The van der Waals surface area contributed by atoms with E-state index in [0.29, 0.717) is 16.9 Å². The van der Waals surface area contributed by atoms with Crippen LogP contribution in [0.2, 0.25) is 0 Å². The average Bonchev–Trinajstić information content (AvgIpc) is 2.78. The molecule has 0 fully saturated rings. The number of aryl methyl sites for hydroxylation is 1. The van der Waals surface area contributed by atoms with Gasteiger partial charge in [0.2, 0.25) is 0 Å². The molecule has 0 N–H and O–H groups in total. The van der Waals surface area contributed by atoms with Crippen LogP contribution >= 0.6 is 15.9 Å². The van der Waals surface area contributed by atoms with Crippen LogP contribution in [-0.4, -0.2) is 16.2 Å². The zero-order valence-corrected chi connectivity index (χ0v) is 13.9. The lowest BCUT2D eigenvalue weighted by Crippen LogP contribution is -2.08. The molecule has 0 saturated carbocycles. The highest BCUT2D eigenvalue weighted by Gasteiger charge is 2.15. The Morgan fingerprint density at radius 1 is 1.21 bits per heavy atom. The van der Waals surface area contributed by atoms with E-state index in [2.05, 4.69) is 25.7 Å². The molecule has 3 aromatic rings. The highest BCUT2D eigenvalue weighted by molar-refractivity contribution is 9.10. The lowest BCUT2D eigenvalue weighted by molar-refractivity contribution is -0.0505. The monoisotopic (exact) mass is 402 g/mol. The fourth-order valence-corrected chi connectivity index (χ4v) is 2.82. The summed E-state index contributed by atoms with van der Waals surface area (Å²) in [5.74, 6) is -0.607. The van der Waals surface area contributed by atoms with Gasteiger partial charge < -0.3 is 9.30 Å². The number of halogens is 5. The van der Waals surface area contributed by atoms with Crippen molar-refractivity contribution in [2.75, 3.05) is 0 Å². The smallest absolute Gasteiger partial charge is 0.387 e. The molecule has 0 radical (unpaired) electrons. The largest absolute Gasteiger partial charge is 0.434 e. The molecule has 0 unspecified atom stereocenters. The van der Waals surface area contributed by atoms with Gasteiger partial charge >= 0.3 is 6.61 Å². The maximum absolute atomic E-state index is 13.6. The van der Waals surface area contributed by atoms with Gasteiger partial charge in [0.05, 0.1) is 22.1 Å². The van der Waals surface area contributed by atoms with Crippen LogP contribution < -0.4 is 4.74 Å². The molecule has 24 heavy (non-hydrogen) atoms. The van der Waals surface area contributed by atoms with Crippen LogP contribution in [0, 0.1) is 18.6 Å². The van der Waals surface area contributed by atoms with Crippen LogP contribution in [0.15, 0.2) is 34.8 Å². The van der Waals surface area contributed by atoms with Crippen molar-refractivity contribution in [2.45, 2.75) is 20.1 Å². The minimum atomic E-state index is -3.02. The Morgan fingerprint density at radius 3 is 2.67 bits per heavy atom. The Hall–Kier alpha value is -2.09. The Labute approximate surface area is 143 Å². The van der Waals surface area contributed by atoms with Crippen molar-refractivity contribution in [2.24, 2.45) is 0 Å². The molecule has 0 saturated heterocycles. The van der Waals surface area contributed by atoms with Gasteiger partial charge in [0.1, 0.15) is 23.2 Å². The number of imidazole rings is 1. The molecule has 3 nitrogen and oxygen atoms in total. The molecule has 0 spiro atoms. The van der Waals surface area contributed by atoms with Gasteiger partial charge in [0.25, 0.3) is 0 Å². The van der Waals surface area contributed by atoms with E-state index in [4.69, 9.17) is 0 Å². The molecule has 0 atom stereocenters. The Kier molecular flexibility index (Phi) is 4.49. The molecule has 2 aromatic carbocycles. The summed E-state index contributed by atoms with van der Waals surface area (Å²) in [6.45, 7) is -1.27. The maximum atomic E-state index is 13.6. The van der Waals surface area contributed by atoms with E-state index < -0.39 is 18.2 Å². The summed E-state index contributed by atoms with van der Waals surface area (Å²) in [5.41, 5.74) is 1.24. The molecule has 8 heteroatoms. The first-order valence-electron chi connectivity index (χ1n) is 6.90. The van der Waals surface area contributed by atoms with Gasteiger partial charge in [0.15, 0.2) is 0 Å². The summed E-state index contributed by atoms with van der Waals surface area (Å²) in [7, 11) is 0. The fraction of sp³-hybridized carbons (Fsp3) is 0.188. The van der Waals surface area contributed by atoms with E-state index in [1.165, 1.54) is 12.1 Å². The minimum Gasteiger partial charge on any atom is -0.434 e. The normalized spacial score (nSPS) is 11.5. The molecular weight excluding hydrogens is 392 g/mol. The van der Waals surface area contributed by atoms with Gasteiger partial charge in [-0.3, -0.25) is 0 Å². The van der Waals surface area contributed by atoms with Crippen molar-refractivity contribution in [1.29, 1.82) is 0 Å². The fourth-order valence-electron chi connectivity index (χ4n) is 2.49. The lowest BCUT2D eigenvalue weighted by Gasteiger charge is -2.13. The molecule has 0 aliphatic heterocycles. The van der Waals surface area contributed by atoms with E-state index >= 15 is 0 Å². The third-order valence-corrected chi connectivity index (χ3v) is 4.16. The van der Waals surface area contributed by atoms with Gasteiger partial charge in [0, 0.05) is 11.6 Å². The van der Waals surface area contributed by atoms with Gasteiger partial charge in [-0.15, -0.1) is 0 Å². The lowest BCUT2D eigenvalue weighted by atomic mass is 10.2. The third kappa shape index (κ3) is 3.24. The number of fused-ring (bicyclic) bond motifs is 1. The van der Waals surface area contributed by atoms with Gasteiger partial charge in [-0.2, -0.15) is 8.78 Å². The second-order valence-corrected chi connectivity index (χ2v) is 5.99. The SMILES string of the molecule is Cc1nc2cc(F)c(Br)cc2n1Cc1cc(F)ccc1OC(F)F. The quantitative estimate of drug-likeness (QED) is 0.572. The summed E-state index contributed by atoms with van der Waals surface area (Å²) < 4.78 is 58.6. The number of alkyl halides is 2. The number of hydrogen-bond acceptors (Lipinski definition) is 2. The van der Waals surface area contributed by atoms with Crippen molar-refractivity contribution >= 4 is 27.0 Å². The third-order valence-electron chi connectivity index (χ3n) is 3.55. The first-order chi connectivity index (χ1) is 11.3. The van der Waals surface area contributed by atoms with Crippen LogP contribution in [0.1, 0.15) is 11.4 Å². The van der Waals surface area contributed by atoms with Crippen molar-refractivity contribution in [3.8, 4) is 5.75 Å². The number of aromatic nitrogens is 2. The zero-order chi connectivity index (χ0) is 17.4. The molecule has 1 aromatic heterocycles. The second-order valence-electron chi connectivity index (χ2n) is 5.13. The molecular formula is C16H11BrF4N2O. The van der Waals surface area contributed by atoms with Crippen LogP contribution in [0.3, 0.4) is 0 Å². The number of rotatable bonds is 4. The first-order valence-corrected chi connectivity index (χ1v) is 7.69. The Balaban J connectivity index is 2.08. The highest BCUT2D eigenvalue weighted by Crippen LogP contribution is 2.28. The van der Waals surface area contributed by atoms with E-state index in [9.17, 15) is 17.6 Å². The number of ether oxygens (including phenoxy) is 1. The van der Waals surface area contributed by atoms with Crippen LogP contribution in [-0.2, 0) is 6.54 Å². The summed E-state index contributed by atoms with van der Waals surface area (Å²) in [6.07, 6.45) is 0. The summed E-state index contributed by atoms with van der Waals surface area (Å²) in [6, 6.07) is 6.14. The molecule has 3 rings (SSSR count). The van der Waals surface area contributed by atoms with Crippen molar-refractivity contribution in [3.63, 3.8) is 0 Å². The predicted molar refractivity (Wildman–Crippen MR) is 84.3 cm³/mol. The van der Waals surface area contributed by atoms with Gasteiger partial charge in [-0.05, 0) is 47.1 Å². The molecule has 0 aliphatic rings. The highest BCUT2D eigenvalue weighted by atomic mass is 79.9. The zero-order valence-electron chi connectivity index (χ0n) is 12.4. The summed E-state index contributed by atoms with van der Waals surface area (Å²) in [5, 5.41) is 0. The molecule has 126 valence electrons. The summed E-state index contributed by atoms with van der Waals surface area (Å²) in [4.78, 5) is 4.24. The summed E-state index contributed by atoms with van der Waals surface area (Å²) >= 11 is 3.10. The average molecular weight is 403 g/mol. The second kappa shape index (κ2) is 6.43. The van der Waals surface area contributed by atoms with Gasteiger partial charge in [-0.1, -0.05) is 0 Å². The molecule has 0 amide bonds. The van der Waals surface area contributed by atoms with E-state index in [-0.39, 0.29) is 22.3 Å². The van der Waals surface area contributed by atoms with Crippen LogP contribution in [0.4, 0.5) is 17.6 Å².